The summed E-state index contributed by atoms with van der Waals surface area (Å²) >= 11 is 1.01. The second-order valence-electron chi connectivity index (χ2n) is 6.54. The number of piperazine rings is 1. The van der Waals surface area contributed by atoms with E-state index in [-0.39, 0.29) is 4.90 Å². The Hall–Kier alpha value is -2.89. The van der Waals surface area contributed by atoms with Crippen LogP contribution in [-0.4, -0.2) is 49.0 Å². The number of nitrogens with zero attached hydrogens (tertiary/aromatic N) is 6. The molecule has 1 saturated heterocycles. The molecule has 0 saturated carbocycles. The molecule has 0 bridgehead atoms. The van der Waals surface area contributed by atoms with Crippen LogP contribution in [0.5, 0.6) is 0 Å². The van der Waals surface area contributed by atoms with Crippen molar-refractivity contribution in [2.24, 2.45) is 8.73 Å². The van der Waals surface area contributed by atoms with Crippen LogP contribution in [0.25, 0.3) is 11.5 Å². The van der Waals surface area contributed by atoms with Crippen molar-refractivity contribution in [1.29, 1.82) is 0 Å². The molecule has 11 heteroatoms. The van der Waals surface area contributed by atoms with E-state index >= 15 is 0 Å². The molecule has 0 radical (unpaired) electrons. The van der Waals surface area contributed by atoms with Crippen LogP contribution < -0.4 is 4.90 Å². The molecular weight excluding hydrogens is 412 g/mol. The van der Waals surface area contributed by atoms with Crippen molar-refractivity contribution in [2.45, 2.75) is 4.90 Å². The van der Waals surface area contributed by atoms with E-state index < -0.39 is 10.0 Å². The fourth-order valence-electron chi connectivity index (χ4n) is 3.30. The highest BCUT2D eigenvalue weighted by Gasteiger charge is 2.32. The summed E-state index contributed by atoms with van der Waals surface area (Å²) in [6.07, 6.45) is 0. The molecule has 0 amide bonds. The monoisotopic (exact) mass is 428 g/mol. The van der Waals surface area contributed by atoms with Gasteiger partial charge in [0.25, 0.3) is 11.8 Å². The van der Waals surface area contributed by atoms with Gasteiger partial charge in [-0.05, 0) is 29.4 Å². The Morgan fingerprint density at radius 2 is 1.72 bits per heavy atom. The summed E-state index contributed by atoms with van der Waals surface area (Å²) in [7, 11) is -3.66. The smallest absolute Gasteiger partial charge is 0.266 e. The zero-order valence-electron chi connectivity index (χ0n) is 15.2. The first kappa shape index (κ1) is 18.2. The normalized spacial score (nSPS) is 16.6. The lowest BCUT2D eigenvalue weighted by Crippen LogP contribution is -2.49. The standard InChI is InChI=1S/C18H16N6O3S2/c25-29(26,15-8-4-7-14-16(15)22-28-21-14)24-11-9-23(10-12-24)18-19-17(27-20-18)13-5-2-1-3-6-13/h1-8H,9-12H2. The first-order valence-corrected chi connectivity index (χ1v) is 11.2. The van der Waals surface area contributed by atoms with Crippen LogP contribution in [0.2, 0.25) is 0 Å². The molecule has 9 nitrogen and oxygen atoms in total. The summed E-state index contributed by atoms with van der Waals surface area (Å²) in [5.74, 6) is 0.907. The summed E-state index contributed by atoms with van der Waals surface area (Å²) in [4.78, 5) is 6.57. The molecule has 2 aromatic carbocycles. The predicted molar refractivity (Wildman–Crippen MR) is 109 cm³/mol. The van der Waals surface area contributed by atoms with Gasteiger partial charge in [-0.2, -0.15) is 18.0 Å². The second-order valence-corrected chi connectivity index (χ2v) is 8.98. The highest BCUT2D eigenvalue weighted by Crippen LogP contribution is 2.38. The van der Waals surface area contributed by atoms with Crippen molar-refractivity contribution in [3.8, 4) is 11.5 Å². The molecular formula is C18H16N6O3S2. The Morgan fingerprint density at radius 1 is 0.931 bits per heavy atom. The minimum atomic E-state index is -3.66. The van der Waals surface area contributed by atoms with Gasteiger partial charge in [-0.3, -0.25) is 0 Å². The topological polar surface area (TPSA) is 104 Å². The number of rotatable bonds is 4. The van der Waals surface area contributed by atoms with E-state index in [9.17, 15) is 8.42 Å². The first-order chi connectivity index (χ1) is 14.1. The maximum atomic E-state index is 13.1. The minimum absolute atomic E-state index is 0.197. The average Bonchev–Trinajstić information content (AvgIpc) is 3.44. The van der Waals surface area contributed by atoms with Gasteiger partial charge in [0.15, 0.2) is 0 Å². The Morgan fingerprint density at radius 3 is 2.52 bits per heavy atom. The third-order valence-corrected chi connectivity index (χ3v) is 7.30. The van der Waals surface area contributed by atoms with Gasteiger partial charge in [-0.25, -0.2) is 8.42 Å². The molecule has 148 valence electrons. The van der Waals surface area contributed by atoms with Crippen molar-refractivity contribution in [3.05, 3.63) is 48.5 Å². The van der Waals surface area contributed by atoms with E-state index in [4.69, 9.17) is 4.52 Å². The molecule has 29 heavy (non-hydrogen) atoms. The molecule has 2 aliphatic heterocycles. The molecule has 1 aromatic heterocycles. The van der Waals surface area contributed by atoms with Gasteiger partial charge in [0, 0.05) is 31.7 Å². The van der Waals surface area contributed by atoms with E-state index in [1.54, 1.807) is 18.2 Å². The van der Waals surface area contributed by atoms with Gasteiger partial charge in [-0.1, -0.05) is 24.3 Å². The van der Waals surface area contributed by atoms with Crippen molar-refractivity contribution in [2.75, 3.05) is 31.1 Å². The van der Waals surface area contributed by atoms with E-state index in [0.717, 1.165) is 16.9 Å². The van der Waals surface area contributed by atoms with Crippen LogP contribution in [-0.2, 0) is 21.4 Å². The summed E-state index contributed by atoms with van der Waals surface area (Å²) in [5.41, 5.74) is 1.86. The highest BCUT2D eigenvalue weighted by molar-refractivity contribution is 7.89. The van der Waals surface area contributed by atoms with Crippen molar-refractivity contribution >= 4 is 38.7 Å². The number of aromatic nitrogens is 2. The molecule has 0 unspecified atom stereocenters. The molecule has 0 aliphatic carbocycles. The summed E-state index contributed by atoms with van der Waals surface area (Å²) < 4.78 is 41.4. The van der Waals surface area contributed by atoms with Crippen LogP contribution in [0.4, 0.5) is 17.3 Å². The molecule has 0 spiro atoms. The van der Waals surface area contributed by atoms with Crippen LogP contribution in [0.3, 0.4) is 0 Å². The van der Waals surface area contributed by atoms with Crippen LogP contribution in [0, 0.1) is 0 Å². The van der Waals surface area contributed by atoms with Gasteiger partial charge < -0.3 is 9.42 Å². The largest absolute Gasteiger partial charge is 0.336 e. The van der Waals surface area contributed by atoms with Crippen molar-refractivity contribution in [1.82, 2.24) is 14.4 Å². The van der Waals surface area contributed by atoms with Gasteiger partial charge in [-0.15, -0.1) is 0 Å². The van der Waals surface area contributed by atoms with Crippen LogP contribution in [0.15, 0.2) is 66.7 Å². The first-order valence-electron chi connectivity index (χ1n) is 8.98. The number of hydrogen-bond acceptors (Lipinski definition) is 8. The highest BCUT2D eigenvalue weighted by atomic mass is 32.2. The lowest BCUT2D eigenvalue weighted by atomic mass is 10.2. The van der Waals surface area contributed by atoms with Crippen molar-refractivity contribution < 1.29 is 12.9 Å². The predicted octanol–water partition coefficient (Wildman–Crippen LogP) is 2.97. The lowest BCUT2D eigenvalue weighted by Gasteiger charge is -2.33. The molecule has 3 heterocycles. The Balaban J connectivity index is 1.32. The van der Waals surface area contributed by atoms with Gasteiger partial charge in [0.05, 0.1) is 11.4 Å². The molecule has 2 aliphatic rings. The van der Waals surface area contributed by atoms with Crippen LogP contribution in [0.1, 0.15) is 0 Å². The number of anilines is 1. The zero-order chi connectivity index (χ0) is 19.8. The van der Waals surface area contributed by atoms with E-state index in [0.29, 0.717) is 49.4 Å². The Kier molecular flexibility index (Phi) is 4.49. The van der Waals surface area contributed by atoms with Gasteiger partial charge in [0.1, 0.15) is 16.3 Å². The van der Waals surface area contributed by atoms with E-state index in [1.165, 1.54) is 4.31 Å². The maximum absolute atomic E-state index is 13.1. The number of hydrogen-bond donors (Lipinski definition) is 0. The second kappa shape index (κ2) is 7.17. The molecule has 1 fully saturated rings. The SMILES string of the molecule is O=S(=O)(c1cccc2c1N=S=N2)N1CCN(c2noc(-c3ccccc3)n2)CC1. The molecule has 0 N–H and O–H groups in total. The average molecular weight is 428 g/mol. The minimum Gasteiger partial charge on any atom is -0.336 e. The number of benzene rings is 2. The number of fused-ring (bicyclic) bond motifs is 1. The third-order valence-electron chi connectivity index (χ3n) is 4.82. The molecule has 3 aromatic rings. The van der Waals surface area contributed by atoms with Crippen molar-refractivity contribution in [3.63, 3.8) is 0 Å². The van der Waals surface area contributed by atoms with Crippen LogP contribution >= 0.6 is 0 Å². The van der Waals surface area contributed by atoms with E-state index in [2.05, 4.69) is 18.9 Å². The van der Waals surface area contributed by atoms with Gasteiger partial charge in [0.2, 0.25) is 10.0 Å². The Labute approximate surface area is 170 Å². The summed E-state index contributed by atoms with van der Waals surface area (Å²) in [6.45, 7) is 1.59. The van der Waals surface area contributed by atoms with Gasteiger partial charge >= 0.3 is 0 Å². The fourth-order valence-corrected chi connectivity index (χ4v) is 5.47. The summed E-state index contributed by atoms with van der Waals surface area (Å²) in [5, 5.41) is 4.05. The fraction of sp³-hybridized carbons (Fsp3) is 0.222. The zero-order valence-corrected chi connectivity index (χ0v) is 16.8. The summed E-state index contributed by atoms with van der Waals surface area (Å²) in [6, 6.07) is 14.6. The quantitative estimate of drug-likeness (QED) is 0.495. The maximum Gasteiger partial charge on any atom is 0.266 e. The lowest BCUT2D eigenvalue weighted by molar-refractivity contribution is 0.377. The molecule has 0 atom stereocenters. The van der Waals surface area contributed by atoms with E-state index in [1.807, 2.05) is 35.2 Å². The Bertz CT molecular complexity index is 1230. The molecule has 5 rings (SSSR count). The third kappa shape index (κ3) is 3.26. The number of sulfonamides is 1.